The molecule has 0 aromatic heterocycles. The zero-order chi connectivity index (χ0) is 8.97. The smallest absolute Gasteiger partial charge is 0.0599 e. The number of alkyl halides is 2. The highest BCUT2D eigenvalue weighted by molar-refractivity contribution is 6.23. The van der Waals surface area contributed by atoms with Crippen LogP contribution in [0, 0.1) is 0 Å². The van der Waals surface area contributed by atoms with Gasteiger partial charge in [-0.15, -0.1) is 23.2 Å². The molecule has 0 bridgehead atoms. The first kappa shape index (κ1) is 9.88. The fourth-order valence-corrected chi connectivity index (χ4v) is 1.77. The Morgan fingerprint density at radius 2 is 1.75 bits per heavy atom. The highest BCUT2D eigenvalue weighted by atomic mass is 35.5. The summed E-state index contributed by atoms with van der Waals surface area (Å²) in [7, 11) is 0. The van der Waals surface area contributed by atoms with Crippen molar-refractivity contribution in [3.63, 3.8) is 0 Å². The highest BCUT2D eigenvalue weighted by Crippen LogP contribution is 2.26. The van der Waals surface area contributed by atoms with Crippen LogP contribution in [0.4, 0.5) is 0 Å². The van der Waals surface area contributed by atoms with Crippen LogP contribution >= 0.6 is 23.2 Å². The molecule has 0 unspecified atom stereocenters. The minimum absolute atomic E-state index is 0.0405. The van der Waals surface area contributed by atoms with Crippen molar-refractivity contribution in [2.45, 2.75) is 24.1 Å². The van der Waals surface area contributed by atoms with E-state index in [2.05, 4.69) is 0 Å². The summed E-state index contributed by atoms with van der Waals surface area (Å²) in [5.74, 6) is 0. The molecule has 0 aliphatic carbocycles. The van der Waals surface area contributed by atoms with Gasteiger partial charge in [-0.1, -0.05) is 30.3 Å². The number of rotatable bonds is 3. The molecule has 1 aromatic rings. The van der Waals surface area contributed by atoms with Crippen LogP contribution in [0.15, 0.2) is 30.3 Å². The largest absolute Gasteiger partial charge is 0.123 e. The molecule has 0 saturated carbocycles. The second-order valence-corrected chi connectivity index (χ2v) is 4.17. The third-order valence-corrected chi connectivity index (χ3v) is 2.30. The minimum atomic E-state index is 0.0405. The molecule has 0 heterocycles. The third-order valence-electron chi connectivity index (χ3n) is 1.69. The van der Waals surface area contributed by atoms with Gasteiger partial charge in [-0.2, -0.15) is 0 Å². The van der Waals surface area contributed by atoms with E-state index >= 15 is 0 Å². The SMILES string of the molecule is C[C@H](Cl)C[C@@H](Cl)c1ccccc1. The van der Waals surface area contributed by atoms with E-state index in [4.69, 9.17) is 23.2 Å². The lowest BCUT2D eigenvalue weighted by molar-refractivity contribution is 0.778. The van der Waals surface area contributed by atoms with Gasteiger partial charge in [0.05, 0.1) is 5.38 Å². The second-order valence-electron chi connectivity index (χ2n) is 2.89. The summed E-state index contributed by atoms with van der Waals surface area (Å²) in [5, 5.41) is 0.173. The lowest BCUT2D eigenvalue weighted by Gasteiger charge is -2.10. The molecule has 2 atom stereocenters. The van der Waals surface area contributed by atoms with Crippen LogP contribution in [0.3, 0.4) is 0 Å². The molecule has 0 fully saturated rings. The molecule has 1 aromatic carbocycles. The standard InChI is InChI=1S/C10H12Cl2/c1-8(11)7-10(12)9-5-3-2-4-6-9/h2-6,8,10H,7H2,1H3/t8-,10+/m0/s1. The Hall–Kier alpha value is -0.200. The van der Waals surface area contributed by atoms with Crippen LogP contribution in [0.25, 0.3) is 0 Å². The number of hydrogen-bond donors (Lipinski definition) is 0. The Kier molecular flexibility index (Phi) is 3.90. The van der Waals surface area contributed by atoms with Gasteiger partial charge in [-0.3, -0.25) is 0 Å². The first-order chi connectivity index (χ1) is 5.70. The van der Waals surface area contributed by atoms with Gasteiger partial charge in [0, 0.05) is 5.38 Å². The molecule has 0 N–H and O–H groups in total. The predicted molar refractivity (Wildman–Crippen MR) is 55.0 cm³/mol. The van der Waals surface area contributed by atoms with Crippen molar-refractivity contribution < 1.29 is 0 Å². The fraction of sp³-hybridized carbons (Fsp3) is 0.400. The summed E-state index contributed by atoms with van der Waals surface area (Å²) in [5.41, 5.74) is 1.15. The van der Waals surface area contributed by atoms with Crippen LogP contribution in [0.2, 0.25) is 0 Å². The molecule has 0 nitrogen and oxygen atoms in total. The summed E-state index contributed by atoms with van der Waals surface area (Å²) in [4.78, 5) is 0. The lowest BCUT2D eigenvalue weighted by Crippen LogP contribution is -1.97. The Morgan fingerprint density at radius 3 is 2.25 bits per heavy atom. The Balaban J connectivity index is 2.59. The Bertz CT molecular complexity index is 219. The molecule has 2 heteroatoms. The fourth-order valence-electron chi connectivity index (χ4n) is 1.08. The van der Waals surface area contributed by atoms with E-state index in [1.165, 1.54) is 0 Å². The zero-order valence-electron chi connectivity index (χ0n) is 7.00. The average Bonchev–Trinajstić information content (AvgIpc) is 2.05. The molecular weight excluding hydrogens is 191 g/mol. The zero-order valence-corrected chi connectivity index (χ0v) is 8.52. The van der Waals surface area contributed by atoms with Crippen LogP contribution < -0.4 is 0 Å². The summed E-state index contributed by atoms with van der Waals surface area (Å²) < 4.78 is 0. The van der Waals surface area contributed by atoms with Crippen LogP contribution in [-0.4, -0.2) is 5.38 Å². The van der Waals surface area contributed by atoms with Crippen molar-refractivity contribution >= 4 is 23.2 Å². The molecule has 0 radical (unpaired) electrons. The van der Waals surface area contributed by atoms with E-state index in [1.807, 2.05) is 37.3 Å². The molecule has 12 heavy (non-hydrogen) atoms. The van der Waals surface area contributed by atoms with Crippen LogP contribution in [-0.2, 0) is 0 Å². The van der Waals surface area contributed by atoms with Crippen molar-refractivity contribution in [2.75, 3.05) is 0 Å². The van der Waals surface area contributed by atoms with Gasteiger partial charge in [0.15, 0.2) is 0 Å². The van der Waals surface area contributed by atoms with E-state index in [0.29, 0.717) is 0 Å². The Labute approximate surface area is 83.5 Å². The predicted octanol–water partition coefficient (Wildman–Crippen LogP) is 3.98. The van der Waals surface area contributed by atoms with E-state index < -0.39 is 0 Å². The van der Waals surface area contributed by atoms with Crippen LogP contribution in [0.1, 0.15) is 24.3 Å². The van der Waals surface area contributed by atoms with Gasteiger partial charge in [-0.25, -0.2) is 0 Å². The maximum absolute atomic E-state index is 6.12. The van der Waals surface area contributed by atoms with E-state index in [1.54, 1.807) is 0 Å². The van der Waals surface area contributed by atoms with Gasteiger partial charge >= 0.3 is 0 Å². The summed E-state index contributed by atoms with van der Waals surface area (Å²) in [6.45, 7) is 1.96. The minimum Gasteiger partial charge on any atom is -0.123 e. The van der Waals surface area contributed by atoms with Gasteiger partial charge < -0.3 is 0 Å². The van der Waals surface area contributed by atoms with Gasteiger partial charge in [0.2, 0.25) is 0 Å². The van der Waals surface area contributed by atoms with Gasteiger partial charge in [0.1, 0.15) is 0 Å². The monoisotopic (exact) mass is 202 g/mol. The number of halogens is 2. The molecule has 0 aliphatic heterocycles. The first-order valence-electron chi connectivity index (χ1n) is 4.03. The third kappa shape index (κ3) is 3.04. The Morgan fingerprint density at radius 1 is 1.17 bits per heavy atom. The van der Waals surface area contributed by atoms with Crippen molar-refractivity contribution in [2.24, 2.45) is 0 Å². The highest BCUT2D eigenvalue weighted by Gasteiger charge is 2.09. The summed E-state index contributed by atoms with van der Waals surface area (Å²) in [6, 6.07) is 10.0. The molecule has 1 rings (SSSR count). The van der Waals surface area contributed by atoms with E-state index in [0.717, 1.165) is 12.0 Å². The maximum atomic E-state index is 6.12. The van der Waals surface area contributed by atoms with Crippen molar-refractivity contribution in [1.29, 1.82) is 0 Å². The molecule has 66 valence electrons. The molecule has 0 saturated heterocycles. The second kappa shape index (κ2) is 4.74. The molecular formula is C10H12Cl2. The molecule has 0 aliphatic rings. The number of benzene rings is 1. The normalized spacial score (nSPS) is 15.6. The topological polar surface area (TPSA) is 0 Å². The van der Waals surface area contributed by atoms with Crippen LogP contribution in [0.5, 0.6) is 0 Å². The molecule has 0 amide bonds. The molecule has 0 spiro atoms. The maximum Gasteiger partial charge on any atom is 0.0599 e. The summed E-state index contributed by atoms with van der Waals surface area (Å²) in [6.07, 6.45) is 0.813. The number of hydrogen-bond acceptors (Lipinski definition) is 0. The van der Waals surface area contributed by atoms with Crippen molar-refractivity contribution in [1.82, 2.24) is 0 Å². The van der Waals surface area contributed by atoms with Crippen molar-refractivity contribution in [3.8, 4) is 0 Å². The van der Waals surface area contributed by atoms with Gasteiger partial charge in [-0.05, 0) is 18.9 Å². The quantitative estimate of drug-likeness (QED) is 0.651. The van der Waals surface area contributed by atoms with Crippen molar-refractivity contribution in [3.05, 3.63) is 35.9 Å². The van der Waals surface area contributed by atoms with E-state index in [-0.39, 0.29) is 10.8 Å². The summed E-state index contributed by atoms with van der Waals surface area (Å²) >= 11 is 12.0. The first-order valence-corrected chi connectivity index (χ1v) is 4.90. The average molecular weight is 203 g/mol. The lowest BCUT2D eigenvalue weighted by atomic mass is 10.1. The van der Waals surface area contributed by atoms with E-state index in [9.17, 15) is 0 Å². The van der Waals surface area contributed by atoms with Gasteiger partial charge in [0.25, 0.3) is 0 Å².